The highest BCUT2D eigenvalue weighted by atomic mass is 32.3. The van der Waals surface area contributed by atoms with Gasteiger partial charge in [0.1, 0.15) is 0 Å². The molecule has 1 saturated carbocycles. The van der Waals surface area contributed by atoms with Gasteiger partial charge in [-0.1, -0.05) is 49.6 Å². The lowest BCUT2D eigenvalue weighted by molar-refractivity contribution is 0.543. The van der Waals surface area contributed by atoms with E-state index >= 15 is 0 Å². The Hall–Kier alpha value is -2.18. The van der Waals surface area contributed by atoms with Gasteiger partial charge in [0.15, 0.2) is 23.8 Å². The Morgan fingerprint density at radius 1 is 0.640 bits per heavy atom. The topological polar surface area (TPSA) is 68.3 Å². The van der Waals surface area contributed by atoms with Crippen LogP contribution in [0.3, 0.4) is 0 Å². The van der Waals surface area contributed by atoms with Gasteiger partial charge in [-0.15, -0.1) is 0 Å². The van der Waals surface area contributed by atoms with E-state index in [1.807, 2.05) is 0 Å². The molecule has 0 spiro atoms. The number of allylic oxidation sites excluding steroid dienone is 2. The summed E-state index contributed by atoms with van der Waals surface area (Å²) in [6.45, 7) is 7.63. The molecule has 6 heteroatoms. The number of benzene rings is 2. The number of hydrogen-bond donors (Lipinski definition) is 0. The molecule has 0 radical (unpaired) electrons. The van der Waals surface area contributed by atoms with Crippen LogP contribution in [0.25, 0.3) is 0 Å². The molecule has 1 aliphatic carbocycles. The largest absolute Gasteiger partial charge is 0.222 e. The van der Waals surface area contributed by atoms with Crippen molar-refractivity contribution in [3.05, 3.63) is 85.0 Å². The average Bonchev–Trinajstić information content (AvgIpc) is 2.93. The van der Waals surface area contributed by atoms with Crippen molar-refractivity contribution in [1.29, 1.82) is 0 Å². The van der Waals surface area contributed by atoms with Crippen LogP contribution in [0.4, 0.5) is 0 Å². The molecule has 0 aromatic heterocycles. The van der Waals surface area contributed by atoms with Gasteiger partial charge in [-0.3, -0.25) is 0 Å². The maximum Gasteiger partial charge on any atom is 0.199 e. The zero-order valence-corrected chi connectivity index (χ0v) is 15.2. The smallest absolute Gasteiger partial charge is 0.199 e. The highest BCUT2D eigenvalue weighted by molar-refractivity contribution is 8.10. The highest BCUT2D eigenvalue weighted by Crippen LogP contribution is 2.50. The van der Waals surface area contributed by atoms with Gasteiger partial charge in [0, 0.05) is 12.8 Å². The summed E-state index contributed by atoms with van der Waals surface area (Å²) in [5.41, 5.74) is 0.915. The van der Waals surface area contributed by atoms with Crippen LogP contribution in [0.1, 0.15) is 12.8 Å². The monoisotopic (exact) mass is 374 g/mol. The summed E-state index contributed by atoms with van der Waals surface area (Å²) in [4.78, 5) is -0.0333. The second-order valence-corrected chi connectivity index (χ2v) is 10.9. The van der Waals surface area contributed by atoms with Gasteiger partial charge in [-0.2, -0.15) is 0 Å². The van der Waals surface area contributed by atoms with E-state index in [4.69, 9.17) is 0 Å². The molecule has 4 nitrogen and oxygen atoms in total. The third kappa shape index (κ3) is 2.56. The Labute approximate surface area is 148 Å². The standard InChI is InChI=1S/C19H18O4S2/c1-15-13-19(14-16(15)2,24(20,21)17-9-5-3-6-10-17)25(22,23)18-11-7-4-8-12-18/h3-12H,1-2,13-14H2. The molecule has 25 heavy (non-hydrogen) atoms. The van der Waals surface area contributed by atoms with Crippen molar-refractivity contribution in [2.24, 2.45) is 0 Å². The van der Waals surface area contributed by atoms with E-state index in [0.717, 1.165) is 0 Å². The van der Waals surface area contributed by atoms with Crippen LogP contribution < -0.4 is 0 Å². The summed E-state index contributed by atoms with van der Waals surface area (Å²) in [6, 6.07) is 15.4. The molecular weight excluding hydrogens is 356 g/mol. The minimum Gasteiger partial charge on any atom is -0.222 e. The van der Waals surface area contributed by atoms with Crippen LogP contribution in [0.2, 0.25) is 0 Å². The van der Waals surface area contributed by atoms with Gasteiger partial charge < -0.3 is 0 Å². The first-order chi connectivity index (χ1) is 11.7. The maximum atomic E-state index is 13.4. The molecule has 1 fully saturated rings. The van der Waals surface area contributed by atoms with Gasteiger partial charge >= 0.3 is 0 Å². The van der Waals surface area contributed by atoms with Crippen LogP contribution in [0.15, 0.2) is 94.8 Å². The van der Waals surface area contributed by atoms with Crippen molar-refractivity contribution in [2.75, 3.05) is 0 Å². The summed E-state index contributed by atoms with van der Waals surface area (Å²) in [5.74, 6) is 0. The molecule has 3 rings (SSSR count). The molecule has 2 aromatic carbocycles. The Morgan fingerprint density at radius 3 is 1.28 bits per heavy atom. The summed E-state index contributed by atoms with van der Waals surface area (Å²) in [6.07, 6.45) is -0.361. The van der Waals surface area contributed by atoms with Gasteiger partial charge in [0.2, 0.25) is 0 Å². The summed E-state index contributed by atoms with van der Waals surface area (Å²) >= 11 is 0. The lowest BCUT2D eigenvalue weighted by Crippen LogP contribution is -2.44. The van der Waals surface area contributed by atoms with E-state index in [2.05, 4.69) is 13.2 Å². The van der Waals surface area contributed by atoms with Crippen molar-refractivity contribution >= 4 is 19.7 Å². The lowest BCUT2D eigenvalue weighted by atomic mass is 10.2. The predicted molar refractivity (Wildman–Crippen MR) is 97.5 cm³/mol. The molecular formula is C19H18O4S2. The molecule has 0 heterocycles. The molecule has 0 bridgehead atoms. The van der Waals surface area contributed by atoms with E-state index < -0.39 is 23.8 Å². The Morgan fingerprint density at radius 2 is 0.960 bits per heavy atom. The summed E-state index contributed by atoms with van der Waals surface area (Å²) in [5, 5.41) is 0. The molecule has 0 atom stereocenters. The minimum absolute atomic E-state index is 0.0167. The number of sulfone groups is 2. The average molecular weight is 374 g/mol. The third-order valence-electron chi connectivity index (χ3n) is 4.55. The lowest BCUT2D eigenvalue weighted by Gasteiger charge is -2.28. The number of rotatable bonds is 4. The zero-order valence-electron chi connectivity index (χ0n) is 13.6. The Balaban J connectivity index is 2.31. The molecule has 0 N–H and O–H groups in total. The van der Waals surface area contributed by atoms with E-state index in [1.165, 1.54) is 24.3 Å². The molecule has 0 aliphatic heterocycles. The fourth-order valence-electron chi connectivity index (χ4n) is 3.12. The van der Waals surface area contributed by atoms with Crippen molar-refractivity contribution < 1.29 is 16.8 Å². The van der Waals surface area contributed by atoms with Gasteiger partial charge in [-0.05, 0) is 35.4 Å². The van der Waals surface area contributed by atoms with Crippen molar-refractivity contribution in [1.82, 2.24) is 0 Å². The van der Waals surface area contributed by atoms with Crippen LogP contribution in [0, 0.1) is 0 Å². The normalized spacial score (nSPS) is 17.6. The summed E-state index contributed by atoms with van der Waals surface area (Å²) in [7, 11) is -8.36. The zero-order chi connectivity index (χ0) is 18.3. The minimum atomic E-state index is -4.18. The van der Waals surface area contributed by atoms with Crippen molar-refractivity contribution in [2.45, 2.75) is 26.7 Å². The molecule has 1 aliphatic rings. The first-order valence-corrected chi connectivity index (χ1v) is 10.6. The predicted octanol–water partition coefficient (Wildman–Crippen LogP) is 3.54. The second kappa shape index (κ2) is 5.97. The van der Waals surface area contributed by atoms with E-state index in [1.54, 1.807) is 36.4 Å². The fourth-order valence-corrected chi connectivity index (χ4v) is 8.20. The van der Waals surface area contributed by atoms with E-state index in [0.29, 0.717) is 11.1 Å². The SMILES string of the molecule is C=C1CC(S(=O)(=O)c2ccccc2)(S(=O)(=O)c2ccccc2)CC1=C. The van der Waals surface area contributed by atoms with E-state index in [9.17, 15) is 16.8 Å². The van der Waals surface area contributed by atoms with Gasteiger partial charge in [0.05, 0.1) is 9.79 Å². The quantitative estimate of drug-likeness (QED) is 0.821. The maximum absolute atomic E-state index is 13.4. The first kappa shape index (κ1) is 17.6. The molecule has 2 aromatic rings. The Kier molecular flexibility index (Phi) is 4.21. The van der Waals surface area contributed by atoms with Crippen LogP contribution in [-0.4, -0.2) is 20.9 Å². The molecule has 0 amide bonds. The van der Waals surface area contributed by atoms with Crippen LogP contribution in [0.5, 0.6) is 0 Å². The van der Waals surface area contributed by atoms with Gasteiger partial charge in [0.25, 0.3) is 0 Å². The van der Waals surface area contributed by atoms with E-state index in [-0.39, 0.29) is 22.6 Å². The third-order valence-corrected chi connectivity index (χ3v) is 10.2. The Bertz CT molecular complexity index is 948. The first-order valence-electron chi connectivity index (χ1n) is 7.68. The molecule has 130 valence electrons. The van der Waals surface area contributed by atoms with Crippen molar-refractivity contribution in [3.63, 3.8) is 0 Å². The van der Waals surface area contributed by atoms with Crippen LogP contribution >= 0.6 is 0 Å². The molecule has 0 unspecified atom stereocenters. The van der Waals surface area contributed by atoms with Crippen LogP contribution in [-0.2, 0) is 19.7 Å². The summed E-state index contributed by atoms with van der Waals surface area (Å²) < 4.78 is 51.6. The highest BCUT2D eigenvalue weighted by Gasteiger charge is 2.59. The number of hydrogen-bond acceptors (Lipinski definition) is 4. The molecule has 0 saturated heterocycles. The second-order valence-electron chi connectivity index (χ2n) is 6.10. The van der Waals surface area contributed by atoms with Crippen molar-refractivity contribution in [3.8, 4) is 0 Å². The van der Waals surface area contributed by atoms with Gasteiger partial charge in [-0.25, -0.2) is 16.8 Å². The fraction of sp³-hybridized carbons (Fsp3) is 0.158.